The molecule has 0 radical (unpaired) electrons. The minimum atomic E-state index is -0.211. The zero-order chi connectivity index (χ0) is 15.4. The average molecular weight is 320 g/mol. The number of aromatic nitrogens is 3. The Hall–Kier alpha value is -1.73. The van der Waals surface area contributed by atoms with Crippen molar-refractivity contribution in [3.63, 3.8) is 0 Å². The van der Waals surface area contributed by atoms with E-state index in [1.807, 2.05) is 11.4 Å². The van der Waals surface area contributed by atoms with Gasteiger partial charge in [0, 0.05) is 17.8 Å². The summed E-state index contributed by atoms with van der Waals surface area (Å²) in [5.41, 5.74) is 0. The van der Waals surface area contributed by atoms with E-state index in [0.717, 1.165) is 19.3 Å². The normalized spacial score (nSPS) is 22.0. The van der Waals surface area contributed by atoms with Crippen molar-refractivity contribution in [2.75, 3.05) is 0 Å². The molecule has 3 rings (SSSR count). The number of aryl methyl sites for hydroxylation is 1. The molecule has 7 heteroatoms. The fourth-order valence-electron chi connectivity index (χ4n) is 2.79. The summed E-state index contributed by atoms with van der Waals surface area (Å²) in [7, 11) is 0. The number of rotatable bonds is 7. The quantitative estimate of drug-likeness (QED) is 0.814. The fourth-order valence-corrected chi connectivity index (χ4v) is 3.66. The van der Waals surface area contributed by atoms with Crippen LogP contribution in [0.5, 0.6) is 0 Å². The molecule has 2 N–H and O–H groups in total. The molecule has 1 aliphatic carbocycles. The highest BCUT2D eigenvalue weighted by molar-refractivity contribution is 7.10. The lowest BCUT2D eigenvalue weighted by Crippen LogP contribution is -2.41. The van der Waals surface area contributed by atoms with Gasteiger partial charge in [-0.2, -0.15) is 5.10 Å². The lowest BCUT2D eigenvalue weighted by Gasteiger charge is -2.37. The van der Waals surface area contributed by atoms with Crippen LogP contribution in [0.3, 0.4) is 0 Å². The summed E-state index contributed by atoms with van der Waals surface area (Å²) in [5.74, 6) is 0.396. The van der Waals surface area contributed by atoms with Crippen LogP contribution in [-0.4, -0.2) is 31.9 Å². The van der Waals surface area contributed by atoms with Gasteiger partial charge in [0.2, 0.25) is 5.91 Å². The molecule has 1 atom stereocenters. The van der Waals surface area contributed by atoms with Gasteiger partial charge in [-0.05, 0) is 36.6 Å². The molecule has 0 spiro atoms. The van der Waals surface area contributed by atoms with E-state index in [4.69, 9.17) is 0 Å². The van der Waals surface area contributed by atoms with E-state index < -0.39 is 0 Å². The first-order valence-electron chi connectivity index (χ1n) is 7.55. The third-order valence-electron chi connectivity index (χ3n) is 4.04. The number of amides is 1. The van der Waals surface area contributed by atoms with Crippen LogP contribution in [-0.2, 0) is 11.3 Å². The summed E-state index contributed by atoms with van der Waals surface area (Å²) in [5, 5.41) is 18.7. The standard InChI is InChI=1S/C15H20N4O2S/c20-12-7-11(8-12)15(13-3-2-6-22-13)18-14(21)4-1-5-19-10-16-9-17-19/h2-3,6,9-12,15,20H,1,4-5,7-8H2,(H,18,21)/t11?,12?,15-/m1/s1. The Morgan fingerprint density at radius 1 is 1.55 bits per heavy atom. The third kappa shape index (κ3) is 3.72. The molecule has 2 heterocycles. The number of aliphatic hydroxyl groups is 1. The predicted molar refractivity (Wildman–Crippen MR) is 83.2 cm³/mol. The van der Waals surface area contributed by atoms with Crippen molar-refractivity contribution >= 4 is 17.2 Å². The largest absolute Gasteiger partial charge is 0.393 e. The predicted octanol–water partition coefficient (Wildman–Crippen LogP) is 1.75. The zero-order valence-electron chi connectivity index (χ0n) is 12.3. The number of carbonyl (C=O) groups is 1. The van der Waals surface area contributed by atoms with Gasteiger partial charge in [-0.25, -0.2) is 4.98 Å². The highest BCUT2D eigenvalue weighted by Crippen LogP contribution is 2.39. The molecule has 2 aromatic heterocycles. The Labute approximate surface area is 133 Å². The summed E-state index contributed by atoms with van der Waals surface area (Å²) in [6.07, 6.45) is 5.67. The van der Waals surface area contributed by atoms with Gasteiger partial charge in [0.15, 0.2) is 0 Å². The van der Waals surface area contributed by atoms with Crippen LogP contribution >= 0.6 is 11.3 Å². The van der Waals surface area contributed by atoms with E-state index in [9.17, 15) is 9.90 Å². The smallest absolute Gasteiger partial charge is 0.220 e. The van der Waals surface area contributed by atoms with Gasteiger partial charge >= 0.3 is 0 Å². The maximum absolute atomic E-state index is 12.2. The van der Waals surface area contributed by atoms with E-state index in [2.05, 4.69) is 21.5 Å². The highest BCUT2D eigenvalue weighted by atomic mass is 32.1. The Kier molecular flexibility index (Phi) is 4.84. The van der Waals surface area contributed by atoms with Crippen LogP contribution < -0.4 is 5.32 Å². The Morgan fingerprint density at radius 3 is 3.05 bits per heavy atom. The SMILES string of the molecule is O=C(CCCn1cncn1)N[C@@H](c1cccs1)C1CC(O)C1. The number of carbonyl (C=O) groups excluding carboxylic acids is 1. The van der Waals surface area contributed by atoms with Gasteiger partial charge in [-0.3, -0.25) is 9.48 Å². The zero-order valence-corrected chi connectivity index (χ0v) is 13.1. The first-order chi connectivity index (χ1) is 10.7. The van der Waals surface area contributed by atoms with Crippen molar-refractivity contribution in [2.24, 2.45) is 5.92 Å². The van der Waals surface area contributed by atoms with E-state index >= 15 is 0 Å². The number of aliphatic hydroxyl groups excluding tert-OH is 1. The molecule has 1 fully saturated rings. The van der Waals surface area contributed by atoms with Crippen molar-refractivity contribution < 1.29 is 9.90 Å². The Morgan fingerprint density at radius 2 is 2.41 bits per heavy atom. The molecule has 2 aromatic rings. The van der Waals surface area contributed by atoms with Crippen LogP contribution in [0.2, 0.25) is 0 Å². The van der Waals surface area contributed by atoms with E-state index in [1.54, 1.807) is 22.3 Å². The van der Waals surface area contributed by atoms with Gasteiger partial charge in [0.25, 0.3) is 0 Å². The number of hydrogen-bond donors (Lipinski definition) is 2. The van der Waals surface area contributed by atoms with Gasteiger partial charge in [0.1, 0.15) is 12.7 Å². The molecule has 0 aromatic carbocycles. The second kappa shape index (κ2) is 7.02. The first-order valence-corrected chi connectivity index (χ1v) is 8.43. The van der Waals surface area contributed by atoms with Gasteiger partial charge in [0.05, 0.1) is 12.1 Å². The summed E-state index contributed by atoms with van der Waals surface area (Å²) < 4.78 is 1.73. The Bertz CT molecular complexity index is 579. The second-order valence-electron chi connectivity index (χ2n) is 5.71. The molecule has 0 bridgehead atoms. The molecule has 22 heavy (non-hydrogen) atoms. The molecular formula is C15H20N4O2S. The summed E-state index contributed by atoms with van der Waals surface area (Å²) in [4.78, 5) is 17.2. The Balaban J connectivity index is 1.50. The van der Waals surface area contributed by atoms with Crippen molar-refractivity contribution in [2.45, 2.75) is 44.4 Å². The maximum Gasteiger partial charge on any atom is 0.220 e. The minimum Gasteiger partial charge on any atom is -0.393 e. The molecule has 1 saturated carbocycles. The average Bonchev–Trinajstić information content (AvgIpc) is 3.14. The lowest BCUT2D eigenvalue weighted by molar-refractivity contribution is -0.123. The van der Waals surface area contributed by atoms with Crippen LogP contribution in [0.25, 0.3) is 0 Å². The minimum absolute atomic E-state index is 0.0299. The van der Waals surface area contributed by atoms with Crippen LogP contribution in [0.4, 0.5) is 0 Å². The first kappa shape index (κ1) is 15.2. The highest BCUT2D eigenvalue weighted by Gasteiger charge is 2.35. The molecule has 1 aliphatic rings. The fraction of sp³-hybridized carbons (Fsp3) is 0.533. The van der Waals surface area contributed by atoms with Crippen molar-refractivity contribution in [3.05, 3.63) is 35.0 Å². The van der Waals surface area contributed by atoms with E-state index in [1.165, 1.54) is 11.2 Å². The van der Waals surface area contributed by atoms with Crippen LogP contribution in [0.1, 0.15) is 36.6 Å². The molecule has 1 amide bonds. The van der Waals surface area contributed by atoms with Crippen molar-refractivity contribution in [1.82, 2.24) is 20.1 Å². The topological polar surface area (TPSA) is 80.0 Å². The van der Waals surface area contributed by atoms with Gasteiger partial charge in [-0.1, -0.05) is 6.07 Å². The monoisotopic (exact) mass is 320 g/mol. The molecule has 6 nitrogen and oxygen atoms in total. The maximum atomic E-state index is 12.2. The van der Waals surface area contributed by atoms with Crippen LogP contribution in [0, 0.1) is 5.92 Å². The van der Waals surface area contributed by atoms with E-state index in [-0.39, 0.29) is 18.1 Å². The van der Waals surface area contributed by atoms with Gasteiger partial charge < -0.3 is 10.4 Å². The van der Waals surface area contributed by atoms with E-state index in [0.29, 0.717) is 18.9 Å². The van der Waals surface area contributed by atoms with Gasteiger partial charge in [-0.15, -0.1) is 11.3 Å². The summed E-state index contributed by atoms with van der Waals surface area (Å²) >= 11 is 1.65. The second-order valence-corrected chi connectivity index (χ2v) is 6.69. The third-order valence-corrected chi connectivity index (χ3v) is 5.00. The molecule has 0 unspecified atom stereocenters. The summed E-state index contributed by atoms with van der Waals surface area (Å²) in [6, 6.07) is 4.08. The number of nitrogens with zero attached hydrogens (tertiary/aromatic N) is 3. The molecule has 118 valence electrons. The number of hydrogen-bond acceptors (Lipinski definition) is 5. The molecular weight excluding hydrogens is 300 g/mol. The van der Waals surface area contributed by atoms with Crippen LogP contribution in [0.15, 0.2) is 30.2 Å². The number of nitrogens with one attached hydrogen (secondary N) is 1. The summed E-state index contributed by atoms with van der Waals surface area (Å²) in [6.45, 7) is 0.694. The van der Waals surface area contributed by atoms with Crippen molar-refractivity contribution in [1.29, 1.82) is 0 Å². The van der Waals surface area contributed by atoms with Crippen molar-refractivity contribution in [3.8, 4) is 0 Å². The lowest BCUT2D eigenvalue weighted by atomic mass is 9.76. The molecule has 0 aliphatic heterocycles. The number of thiophene rings is 1. The molecule has 0 saturated heterocycles.